The molecule has 10 rings (SSSR count). The number of halogens is 6. The van der Waals surface area contributed by atoms with E-state index in [0.717, 1.165) is 22.5 Å². The van der Waals surface area contributed by atoms with E-state index in [1.807, 2.05) is 52.0 Å². The van der Waals surface area contributed by atoms with Gasteiger partial charge in [-0.05, 0) is 88.8 Å². The normalized spacial score (nSPS) is 18.0. The molecule has 0 atom stereocenters. The second-order valence-corrected chi connectivity index (χ2v) is 25.1. The summed E-state index contributed by atoms with van der Waals surface area (Å²) in [7, 11) is -9.19. The standard InChI is InChI=1S/C55H57Cl2F4N3O14S2/c1-53(2)26-30(28-79(67,68)69)34-23-36-49(32-7-5-12-62(53)47(32)34)78-50-33-8-6-13-63-48(33)35(31(27-54(63,3)4)29-80(70,71)72)24-37(50)55(36)44-39(57)10-9-38(56)43(44)52(66)64(55)14-16-74-18-20-76-22-21-75-19-17-73-15-11-42(65)77-51-45(60)40(58)25-41(59)46(51)61/h9-10,23-27H,5-8,11-22,28-29H2,1-4H3,(H,67,68,69)(H,70,71,72). The number of rotatable bonds is 20. The highest BCUT2D eigenvalue weighted by atomic mass is 35.5. The fraction of sp³-hybridized carbons (Fsp3) is 0.455. The van der Waals surface area contributed by atoms with Crippen LogP contribution in [0.25, 0.3) is 11.1 Å². The zero-order valence-corrected chi connectivity index (χ0v) is 47.1. The fourth-order valence-electron chi connectivity index (χ4n) is 12.3. The number of anilines is 2. The quantitative estimate of drug-likeness (QED) is 0.0211. The lowest BCUT2D eigenvalue weighted by atomic mass is 9.69. The monoisotopic (exact) mass is 1190 g/mol. The van der Waals surface area contributed by atoms with Crippen LogP contribution < -0.4 is 19.3 Å². The number of ether oxygens (including phenoxy) is 6. The van der Waals surface area contributed by atoms with E-state index >= 15 is 4.79 Å². The molecule has 6 heterocycles. The third-order valence-corrected chi connectivity index (χ3v) is 17.3. The Bertz CT molecular complexity index is 3380. The summed E-state index contributed by atoms with van der Waals surface area (Å²) in [6, 6.07) is 6.76. The Morgan fingerprint density at radius 2 is 1.12 bits per heavy atom. The van der Waals surface area contributed by atoms with Crippen LogP contribution >= 0.6 is 23.2 Å². The molecule has 0 fully saturated rings. The molecule has 430 valence electrons. The molecule has 6 aliphatic heterocycles. The van der Waals surface area contributed by atoms with Crippen molar-refractivity contribution >= 4 is 77.8 Å². The van der Waals surface area contributed by atoms with Crippen LogP contribution in [-0.2, 0) is 62.4 Å². The summed E-state index contributed by atoms with van der Waals surface area (Å²) in [6.07, 6.45) is 5.53. The van der Waals surface area contributed by atoms with Gasteiger partial charge in [0, 0.05) is 69.7 Å². The summed E-state index contributed by atoms with van der Waals surface area (Å²) < 4.78 is 161. The first-order valence-electron chi connectivity index (χ1n) is 25.9. The molecular formula is C55H57Cl2F4N3O14S2. The molecule has 0 aliphatic carbocycles. The van der Waals surface area contributed by atoms with Gasteiger partial charge in [0.15, 0.2) is 11.6 Å². The van der Waals surface area contributed by atoms with Crippen LogP contribution in [0.2, 0.25) is 10.0 Å². The molecule has 0 saturated heterocycles. The average Bonchev–Trinajstić information content (AvgIpc) is 2.80. The van der Waals surface area contributed by atoms with Crippen LogP contribution in [0, 0.1) is 23.3 Å². The van der Waals surface area contributed by atoms with Crippen molar-refractivity contribution in [3.05, 3.63) is 120 Å². The molecule has 4 aromatic rings. The van der Waals surface area contributed by atoms with Crippen LogP contribution in [-0.4, -0.2) is 138 Å². The van der Waals surface area contributed by atoms with E-state index in [9.17, 15) is 48.3 Å². The Hall–Kier alpha value is -5.34. The smallest absolute Gasteiger partial charge is 0.313 e. The van der Waals surface area contributed by atoms with Crippen molar-refractivity contribution < 1.29 is 81.5 Å². The lowest BCUT2D eigenvalue weighted by Crippen LogP contribution is -2.52. The summed E-state index contributed by atoms with van der Waals surface area (Å²) in [4.78, 5) is 33.6. The second-order valence-electron chi connectivity index (χ2n) is 21.4. The van der Waals surface area contributed by atoms with Crippen molar-refractivity contribution in [3.63, 3.8) is 0 Å². The number of carbonyl (C=O) groups is 2. The third-order valence-electron chi connectivity index (χ3n) is 15.3. The third kappa shape index (κ3) is 10.5. The molecular weight excluding hydrogens is 1140 g/mol. The molecule has 17 nitrogen and oxygen atoms in total. The van der Waals surface area contributed by atoms with E-state index in [1.165, 1.54) is 6.07 Å². The zero-order valence-electron chi connectivity index (χ0n) is 44.0. The Balaban J connectivity index is 0.936. The highest BCUT2D eigenvalue weighted by molar-refractivity contribution is 7.86. The number of carbonyl (C=O) groups excluding carboxylic acids is 2. The van der Waals surface area contributed by atoms with Gasteiger partial charge in [-0.2, -0.15) is 25.6 Å². The van der Waals surface area contributed by atoms with Gasteiger partial charge in [0.05, 0.1) is 92.3 Å². The van der Waals surface area contributed by atoms with Gasteiger partial charge in [-0.1, -0.05) is 35.4 Å². The number of hydrogen-bond acceptors (Lipinski definition) is 14. The topological polar surface area (TPSA) is 208 Å². The zero-order chi connectivity index (χ0) is 57.4. The van der Waals surface area contributed by atoms with Crippen molar-refractivity contribution in [2.24, 2.45) is 0 Å². The molecule has 0 radical (unpaired) electrons. The maximum absolute atomic E-state index is 15.5. The van der Waals surface area contributed by atoms with Crippen molar-refractivity contribution in [1.82, 2.24) is 4.90 Å². The largest absolute Gasteiger partial charge is 0.456 e. The van der Waals surface area contributed by atoms with Gasteiger partial charge < -0.3 is 43.1 Å². The molecule has 2 N–H and O–H groups in total. The second kappa shape index (κ2) is 21.8. The number of nitrogens with zero attached hydrogens (tertiary/aromatic N) is 3. The predicted octanol–water partition coefficient (Wildman–Crippen LogP) is 9.10. The Morgan fingerprint density at radius 3 is 1.60 bits per heavy atom. The van der Waals surface area contributed by atoms with Crippen LogP contribution in [0.5, 0.6) is 17.2 Å². The Morgan fingerprint density at radius 1 is 0.675 bits per heavy atom. The lowest BCUT2D eigenvalue weighted by Gasteiger charge is -2.52. The number of amides is 1. The molecule has 4 aromatic carbocycles. The van der Waals surface area contributed by atoms with Crippen molar-refractivity contribution in [2.75, 3.05) is 93.8 Å². The number of hydrogen-bond donors (Lipinski definition) is 2. The fourth-order valence-corrected chi connectivity index (χ4v) is 14.1. The molecule has 80 heavy (non-hydrogen) atoms. The van der Waals surface area contributed by atoms with Gasteiger partial charge in [-0.25, -0.2) is 8.78 Å². The predicted molar refractivity (Wildman–Crippen MR) is 288 cm³/mol. The van der Waals surface area contributed by atoms with Crippen molar-refractivity contribution in [3.8, 4) is 17.2 Å². The van der Waals surface area contributed by atoms with Crippen molar-refractivity contribution in [2.45, 2.75) is 76.4 Å². The van der Waals surface area contributed by atoms with Crippen LogP contribution in [0.3, 0.4) is 0 Å². The maximum Gasteiger partial charge on any atom is 0.313 e. The Labute approximate surface area is 469 Å². The number of fused-ring (bicyclic) bond motifs is 8. The highest BCUT2D eigenvalue weighted by Crippen LogP contribution is 2.65. The van der Waals surface area contributed by atoms with Gasteiger partial charge in [-0.15, -0.1) is 0 Å². The summed E-state index contributed by atoms with van der Waals surface area (Å²) in [6.45, 7) is 9.26. The first kappa shape index (κ1) is 57.9. The molecule has 0 saturated carbocycles. The molecule has 0 aromatic heterocycles. The van der Waals surface area contributed by atoms with E-state index in [2.05, 4.69) is 14.5 Å². The van der Waals surface area contributed by atoms with Gasteiger partial charge in [-0.3, -0.25) is 18.7 Å². The average molecular weight is 1200 g/mol. The minimum Gasteiger partial charge on any atom is -0.456 e. The van der Waals surface area contributed by atoms with E-state index in [0.29, 0.717) is 89.2 Å². The van der Waals surface area contributed by atoms with Gasteiger partial charge in [0.2, 0.25) is 17.4 Å². The van der Waals surface area contributed by atoms with Crippen LogP contribution in [0.15, 0.2) is 42.5 Å². The summed E-state index contributed by atoms with van der Waals surface area (Å²) in [5.74, 6) is -10.9. The SMILES string of the molecule is CC1(C)C=C(CS(=O)(=O)O)c2cc3c(c4c2N1CCC4)Oc1c(cc2c4c1CCCN4C(C)(C)C=C2CS(=O)(=O)O)C31c2c(Cl)ccc(Cl)c2C(=O)N1CCOCCOCCOCCOCCC(=O)Oc1c(F)c(F)cc(F)c1F. The Kier molecular flexibility index (Phi) is 15.7. The first-order valence-corrected chi connectivity index (χ1v) is 29.9. The molecule has 1 amide bonds. The molecule has 6 aliphatic rings. The minimum absolute atomic E-state index is 0.00634. The van der Waals surface area contributed by atoms with Gasteiger partial charge in [0.1, 0.15) is 28.5 Å². The minimum atomic E-state index is -4.59. The van der Waals surface area contributed by atoms with Crippen molar-refractivity contribution in [1.29, 1.82) is 0 Å². The van der Waals surface area contributed by atoms with Gasteiger partial charge >= 0.3 is 5.97 Å². The van der Waals surface area contributed by atoms with Crippen LogP contribution in [0.4, 0.5) is 28.9 Å². The summed E-state index contributed by atoms with van der Waals surface area (Å²) in [5, 5.41) is 0.272. The first-order chi connectivity index (χ1) is 37.7. The maximum atomic E-state index is 15.5. The van der Waals surface area contributed by atoms with Gasteiger partial charge in [0.25, 0.3) is 26.1 Å². The number of benzene rings is 4. The molecule has 0 unspecified atom stereocenters. The summed E-state index contributed by atoms with van der Waals surface area (Å²) >= 11 is 14.5. The molecule has 0 bridgehead atoms. The summed E-state index contributed by atoms with van der Waals surface area (Å²) in [5.41, 5.74) is 2.83. The highest BCUT2D eigenvalue weighted by Gasteiger charge is 2.60. The molecule has 25 heteroatoms. The van der Waals surface area contributed by atoms with E-state index in [4.69, 9.17) is 46.9 Å². The number of esters is 1. The van der Waals surface area contributed by atoms with E-state index < -0.39 is 95.7 Å². The van der Waals surface area contributed by atoms with Crippen LogP contribution in [0.1, 0.15) is 96.3 Å². The van der Waals surface area contributed by atoms with E-state index in [1.54, 1.807) is 11.0 Å². The van der Waals surface area contributed by atoms with E-state index in [-0.39, 0.29) is 81.1 Å². The lowest BCUT2D eigenvalue weighted by molar-refractivity contribution is -0.136. The molecule has 1 spiro atoms.